The minimum atomic E-state index is 0.467. The van der Waals surface area contributed by atoms with Crippen molar-refractivity contribution >= 4 is 22.6 Å². The van der Waals surface area contributed by atoms with E-state index in [4.69, 9.17) is 11.6 Å². The molecule has 0 unspecified atom stereocenters. The maximum absolute atomic E-state index is 6.16. The molecule has 0 saturated carbocycles. The fourth-order valence-corrected chi connectivity index (χ4v) is 2.02. The molecule has 2 aromatic heterocycles. The molecule has 0 atom stereocenters. The zero-order chi connectivity index (χ0) is 14.0. The molecule has 0 aliphatic rings. The molecule has 19 heavy (non-hydrogen) atoms. The summed E-state index contributed by atoms with van der Waals surface area (Å²) in [7, 11) is 8.02. The molecule has 0 radical (unpaired) electrons. The maximum atomic E-state index is 6.16. The van der Waals surface area contributed by atoms with E-state index in [0.717, 1.165) is 29.9 Å². The van der Waals surface area contributed by atoms with Crippen LogP contribution in [0.5, 0.6) is 0 Å². The molecule has 2 aromatic rings. The number of aromatic nitrogens is 4. The fourth-order valence-electron chi connectivity index (χ4n) is 1.79. The normalized spacial score (nSPS) is 11.9. The fraction of sp³-hybridized carbons (Fsp3) is 0.583. The zero-order valence-electron chi connectivity index (χ0n) is 11.8. The van der Waals surface area contributed by atoms with Crippen LogP contribution in [0.1, 0.15) is 5.82 Å². The van der Waals surface area contributed by atoms with Gasteiger partial charge in [-0.25, -0.2) is 9.97 Å². The summed E-state index contributed by atoms with van der Waals surface area (Å²) in [4.78, 5) is 13.2. The van der Waals surface area contributed by atoms with Crippen LogP contribution in [0.15, 0.2) is 6.20 Å². The zero-order valence-corrected chi connectivity index (χ0v) is 12.5. The Hall–Kier alpha value is -1.24. The first-order chi connectivity index (χ1) is 8.97. The summed E-state index contributed by atoms with van der Waals surface area (Å²) in [5.74, 6) is 0.724. The Labute approximate surface area is 118 Å². The van der Waals surface area contributed by atoms with Crippen molar-refractivity contribution < 1.29 is 0 Å². The van der Waals surface area contributed by atoms with Crippen LogP contribution < -0.4 is 0 Å². The van der Waals surface area contributed by atoms with E-state index in [-0.39, 0.29) is 0 Å². The molecule has 0 bridgehead atoms. The molecule has 0 spiro atoms. The second-order valence-electron chi connectivity index (χ2n) is 4.98. The van der Waals surface area contributed by atoms with Crippen molar-refractivity contribution in [3.8, 4) is 0 Å². The molecule has 0 fully saturated rings. The predicted molar refractivity (Wildman–Crippen MR) is 76.2 cm³/mol. The van der Waals surface area contributed by atoms with Crippen LogP contribution in [0.3, 0.4) is 0 Å². The summed E-state index contributed by atoms with van der Waals surface area (Å²) < 4.78 is 1.71. The second kappa shape index (κ2) is 5.81. The maximum Gasteiger partial charge on any atom is 0.162 e. The lowest BCUT2D eigenvalue weighted by atomic mass is 10.4. The number of nitrogens with zero attached hydrogens (tertiary/aromatic N) is 6. The molecule has 0 aliphatic heterocycles. The minimum Gasteiger partial charge on any atom is -0.308 e. The van der Waals surface area contributed by atoms with Gasteiger partial charge in [-0.3, -0.25) is 9.58 Å². The van der Waals surface area contributed by atoms with E-state index in [1.54, 1.807) is 10.9 Å². The van der Waals surface area contributed by atoms with Gasteiger partial charge < -0.3 is 4.90 Å². The van der Waals surface area contributed by atoms with E-state index in [2.05, 4.69) is 39.0 Å². The summed E-state index contributed by atoms with van der Waals surface area (Å²) in [6.07, 6.45) is 1.69. The van der Waals surface area contributed by atoms with Gasteiger partial charge in [0.1, 0.15) is 11.0 Å². The quantitative estimate of drug-likeness (QED) is 0.766. The number of aryl methyl sites for hydroxylation is 1. The second-order valence-corrected chi connectivity index (χ2v) is 5.34. The van der Waals surface area contributed by atoms with Crippen LogP contribution in [-0.2, 0) is 13.6 Å². The SMILES string of the molecule is CN(C)CCN(C)Cc1nc(Cl)c2cnn(C)c2n1. The van der Waals surface area contributed by atoms with Crippen LogP contribution in [-0.4, -0.2) is 63.8 Å². The summed E-state index contributed by atoms with van der Waals surface area (Å²) >= 11 is 6.16. The molecular weight excluding hydrogens is 264 g/mol. The molecule has 0 N–H and O–H groups in total. The van der Waals surface area contributed by atoms with Gasteiger partial charge in [0.2, 0.25) is 0 Å². The first kappa shape index (κ1) is 14.2. The lowest BCUT2D eigenvalue weighted by molar-refractivity contribution is 0.271. The van der Waals surface area contributed by atoms with E-state index < -0.39 is 0 Å². The number of hydrogen-bond acceptors (Lipinski definition) is 5. The summed E-state index contributed by atoms with van der Waals surface area (Å²) in [6, 6.07) is 0. The van der Waals surface area contributed by atoms with E-state index in [1.165, 1.54) is 0 Å². The van der Waals surface area contributed by atoms with Crippen molar-refractivity contribution in [3.63, 3.8) is 0 Å². The van der Waals surface area contributed by atoms with E-state index in [1.807, 2.05) is 14.1 Å². The minimum absolute atomic E-state index is 0.467. The molecule has 2 rings (SSSR count). The van der Waals surface area contributed by atoms with Crippen molar-refractivity contribution in [2.75, 3.05) is 34.2 Å². The molecule has 0 aliphatic carbocycles. The first-order valence-electron chi connectivity index (χ1n) is 6.14. The van der Waals surface area contributed by atoms with Gasteiger partial charge in [-0.2, -0.15) is 5.10 Å². The van der Waals surface area contributed by atoms with Gasteiger partial charge in [0.25, 0.3) is 0 Å². The molecule has 2 heterocycles. The lowest BCUT2D eigenvalue weighted by Crippen LogP contribution is -2.28. The number of halogens is 1. The Morgan fingerprint density at radius 2 is 1.95 bits per heavy atom. The van der Waals surface area contributed by atoms with Crippen LogP contribution in [0, 0.1) is 0 Å². The number of rotatable bonds is 5. The topological polar surface area (TPSA) is 50.1 Å². The van der Waals surface area contributed by atoms with Gasteiger partial charge in [-0.15, -0.1) is 0 Å². The van der Waals surface area contributed by atoms with Crippen molar-refractivity contribution in [1.82, 2.24) is 29.5 Å². The van der Waals surface area contributed by atoms with Crippen molar-refractivity contribution in [2.24, 2.45) is 7.05 Å². The van der Waals surface area contributed by atoms with Gasteiger partial charge in [0, 0.05) is 20.1 Å². The summed E-state index contributed by atoms with van der Waals surface area (Å²) in [6.45, 7) is 2.63. The van der Waals surface area contributed by atoms with E-state index in [9.17, 15) is 0 Å². The van der Waals surface area contributed by atoms with E-state index in [0.29, 0.717) is 11.7 Å². The van der Waals surface area contributed by atoms with Crippen LogP contribution in [0.4, 0.5) is 0 Å². The summed E-state index contributed by atoms with van der Waals surface area (Å²) in [5.41, 5.74) is 0.774. The number of hydrogen-bond donors (Lipinski definition) is 0. The van der Waals surface area contributed by atoms with Crippen LogP contribution in [0.2, 0.25) is 5.15 Å². The Morgan fingerprint density at radius 3 is 2.63 bits per heavy atom. The van der Waals surface area contributed by atoms with Gasteiger partial charge in [0.15, 0.2) is 5.65 Å². The molecule has 0 amide bonds. The third-order valence-electron chi connectivity index (χ3n) is 2.93. The van der Waals surface area contributed by atoms with Gasteiger partial charge in [-0.1, -0.05) is 11.6 Å². The number of likely N-dealkylation sites (N-methyl/N-ethyl adjacent to an activating group) is 2. The Bertz CT molecular complexity index is 565. The Morgan fingerprint density at radius 1 is 1.21 bits per heavy atom. The molecule has 0 saturated heterocycles. The van der Waals surface area contributed by atoms with Crippen molar-refractivity contribution in [2.45, 2.75) is 6.54 Å². The Balaban J connectivity index is 2.14. The highest BCUT2D eigenvalue weighted by atomic mass is 35.5. The summed E-state index contributed by atoms with van der Waals surface area (Å²) in [5, 5.41) is 5.41. The lowest BCUT2D eigenvalue weighted by Gasteiger charge is -2.18. The molecule has 7 heteroatoms. The average molecular weight is 283 g/mol. The average Bonchev–Trinajstić information content (AvgIpc) is 2.69. The predicted octanol–water partition coefficient (Wildman–Crippen LogP) is 1.01. The van der Waals surface area contributed by atoms with Gasteiger partial charge >= 0.3 is 0 Å². The van der Waals surface area contributed by atoms with Gasteiger partial charge in [0.05, 0.1) is 18.1 Å². The largest absolute Gasteiger partial charge is 0.308 e. The molecular formula is C12H19ClN6. The molecule has 0 aromatic carbocycles. The highest BCUT2D eigenvalue weighted by molar-refractivity contribution is 6.33. The first-order valence-corrected chi connectivity index (χ1v) is 6.52. The monoisotopic (exact) mass is 282 g/mol. The number of fused-ring (bicyclic) bond motifs is 1. The van der Waals surface area contributed by atoms with Crippen molar-refractivity contribution in [1.29, 1.82) is 0 Å². The highest BCUT2D eigenvalue weighted by Crippen LogP contribution is 2.19. The van der Waals surface area contributed by atoms with E-state index >= 15 is 0 Å². The smallest absolute Gasteiger partial charge is 0.162 e. The third-order valence-corrected chi connectivity index (χ3v) is 3.22. The van der Waals surface area contributed by atoms with Crippen LogP contribution >= 0.6 is 11.6 Å². The van der Waals surface area contributed by atoms with Crippen molar-refractivity contribution in [3.05, 3.63) is 17.2 Å². The highest BCUT2D eigenvalue weighted by Gasteiger charge is 2.11. The molecule has 6 nitrogen and oxygen atoms in total. The third kappa shape index (κ3) is 3.40. The standard InChI is InChI=1S/C12H19ClN6/c1-17(2)5-6-18(3)8-10-15-11(13)9-7-14-19(4)12(9)16-10/h7H,5-6,8H2,1-4H3. The Kier molecular flexibility index (Phi) is 4.34. The van der Waals surface area contributed by atoms with Gasteiger partial charge in [-0.05, 0) is 21.1 Å². The molecule has 104 valence electrons. The van der Waals surface area contributed by atoms with Crippen LogP contribution in [0.25, 0.3) is 11.0 Å².